The first-order valence-corrected chi connectivity index (χ1v) is 9.01. The smallest absolute Gasteiger partial charge is 0.251 e. The van der Waals surface area contributed by atoms with Crippen molar-refractivity contribution in [1.82, 2.24) is 9.62 Å². The highest BCUT2D eigenvalue weighted by molar-refractivity contribution is 7.89. The molecular formula is C15H22N2O6S. The number of amides is 1. The molecule has 0 unspecified atom stereocenters. The van der Waals surface area contributed by atoms with Crippen molar-refractivity contribution >= 4 is 15.9 Å². The van der Waals surface area contributed by atoms with Gasteiger partial charge in [0, 0.05) is 25.6 Å². The van der Waals surface area contributed by atoms with Crippen molar-refractivity contribution in [3.05, 3.63) is 23.8 Å². The molecule has 0 bridgehead atoms. The summed E-state index contributed by atoms with van der Waals surface area (Å²) in [6, 6.07) is 3.91. The number of benzene rings is 1. The SMILES string of the molecule is COc1ccc(C(=O)N[C@H]2COC[C@H]2CS(=O)(=O)N(C)C)cc1O. The van der Waals surface area contributed by atoms with Crippen LogP contribution in [0.15, 0.2) is 18.2 Å². The fraction of sp³-hybridized carbons (Fsp3) is 0.533. The van der Waals surface area contributed by atoms with Crippen molar-refractivity contribution in [3.63, 3.8) is 0 Å². The van der Waals surface area contributed by atoms with Crippen LogP contribution in [-0.4, -0.2) is 70.0 Å². The van der Waals surface area contributed by atoms with Crippen molar-refractivity contribution in [2.45, 2.75) is 6.04 Å². The summed E-state index contributed by atoms with van der Waals surface area (Å²) in [7, 11) is 0.974. The molecule has 0 saturated carbocycles. The minimum absolute atomic E-state index is 0.0984. The number of ether oxygens (including phenoxy) is 2. The average Bonchev–Trinajstić information content (AvgIpc) is 2.93. The van der Waals surface area contributed by atoms with Crippen molar-refractivity contribution < 1.29 is 27.8 Å². The molecule has 1 heterocycles. The molecule has 8 nitrogen and oxygen atoms in total. The maximum absolute atomic E-state index is 12.3. The highest BCUT2D eigenvalue weighted by Crippen LogP contribution is 2.26. The van der Waals surface area contributed by atoms with E-state index in [0.717, 1.165) is 4.31 Å². The van der Waals surface area contributed by atoms with Crippen LogP contribution in [0.1, 0.15) is 10.4 Å². The summed E-state index contributed by atoms with van der Waals surface area (Å²) in [5.74, 6) is -0.701. The Kier molecular flexibility index (Phi) is 5.68. The topological polar surface area (TPSA) is 105 Å². The monoisotopic (exact) mass is 358 g/mol. The first-order valence-electron chi connectivity index (χ1n) is 7.40. The van der Waals surface area contributed by atoms with Crippen LogP contribution in [0, 0.1) is 5.92 Å². The number of rotatable bonds is 6. The lowest BCUT2D eigenvalue weighted by Gasteiger charge is -2.21. The minimum Gasteiger partial charge on any atom is -0.504 e. The molecule has 9 heteroatoms. The highest BCUT2D eigenvalue weighted by Gasteiger charge is 2.34. The Balaban J connectivity index is 2.06. The van der Waals surface area contributed by atoms with Gasteiger partial charge in [0.25, 0.3) is 5.91 Å². The lowest BCUT2D eigenvalue weighted by molar-refractivity contribution is 0.0925. The maximum atomic E-state index is 12.3. The van der Waals surface area contributed by atoms with Gasteiger partial charge in [-0.2, -0.15) is 0 Å². The predicted molar refractivity (Wildman–Crippen MR) is 87.7 cm³/mol. The molecule has 24 heavy (non-hydrogen) atoms. The largest absolute Gasteiger partial charge is 0.504 e. The zero-order valence-electron chi connectivity index (χ0n) is 13.9. The molecule has 134 valence electrons. The standard InChI is InChI=1S/C15H22N2O6S/c1-17(2)24(20,21)9-11-7-23-8-12(11)16-15(19)10-4-5-14(22-3)13(18)6-10/h4-6,11-12,18H,7-9H2,1-3H3,(H,16,19)/t11-,12-/m0/s1. The molecule has 1 aromatic rings. The summed E-state index contributed by atoms with van der Waals surface area (Å²) in [4.78, 5) is 12.3. The number of hydrogen-bond donors (Lipinski definition) is 2. The van der Waals surface area contributed by atoms with Crippen LogP contribution < -0.4 is 10.1 Å². The van der Waals surface area contributed by atoms with E-state index >= 15 is 0 Å². The van der Waals surface area contributed by atoms with Crippen molar-refractivity contribution in [3.8, 4) is 11.5 Å². The number of phenolic OH excluding ortho intramolecular Hbond substituents is 1. The van der Waals surface area contributed by atoms with E-state index in [0.29, 0.717) is 0 Å². The van der Waals surface area contributed by atoms with E-state index in [1.807, 2.05) is 0 Å². The van der Waals surface area contributed by atoms with E-state index in [4.69, 9.17) is 9.47 Å². The van der Waals surface area contributed by atoms with Gasteiger partial charge in [-0.25, -0.2) is 12.7 Å². The zero-order chi connectivity index (χ0) is 17.9. The summed E-state index contributed by atoms with van der Waals surface area (Å²) >= 11 is 0. The third-order valence-corrected chi connectivity index (χ3v) is 5.90. The molecule has 1 aliphatic rings. The van der Waals surface area contributed by atoms with Crippen molar-refractivity contribution in [2.24, 2.45) is 5.92 Å². The summed E-state index contributed by atoms with van der Waals surface area (Å²) in [6.45, 7) is 0.521. The molecule has 1 fully saturated rings. The minimum atomic E-state index is -3.39. The number of nitrogens with zero attached hydrogens (tertiary/aromatic N) is 1. The second-order valence-corrected chi connectivity index (χ2v) is 8.05. The molecule has 0 radical (unpaired) electrons. The quantitative estimate of drug-likeness (QED) is 0.744. The molecule has 1 aromatic carbocycles. The average molecular weight is 358 g/mol. The third-order valence-electron chi connectivity index (χ3n) is 3.94. The number of phenols is 1. The Morgan fingerprint density at radius 2 is 2.12 bits per heavy atom. The van der Waals surface area contributed by atoms with Crippen LogP contribution in [0.25, 0.3) is 0 Å². The second-order valence-electron chi connectivity index (χ2n) is 5.83. The van der Waals surface area contributed by atoms with Gasteiger partial charge in [-0.3, -0.25) is 4.79 Å². The fourth-order valence-corrected chi connectivity index (χ4v) is 3.59. The summed E-state index contributed by atoms with van der Waals surface area (Å²) in [5, 5.41) is 12.5. The number of nitrogens with one attached hydrogen (secondary N) is 1. The fourth-order valence-electron chi connectivity index (χ4n) is 2.42. The molecule has 0 aromatic heterocycles. The van der Waals surface area contributed by atoms with Crippen LogP contribution in [0.5, 0.6) is 11.5 Å². The Morgan fingerprint density at radius 1 is 1.42 bits per heavy atom. The first-order chi connectivity index (χ1) is 11.2. The van der Waals surface area contributed by atoms with Crippen LogP contribution in [-0.2, 0) is 14.8 Å². The zero-order valence-corrected chi connectivity index (χ0v) is 14.7. The second kappa shape index (κ2) is 7.37. The summed E-state index contributed by atoms with van der Waals surface area (Å²) in [5.41, 5.74) is 0.259. The lowest BCUT2D eigenvalue weighted by atomic mass is 10.1. The number of carbonyl (C=O) groups is 1. The first kappa shape index (κ1) is 18.5. The molecular weight excluding hydrogens is 336 g/mol. The van der Waals surface area contributed by atoms with Gasteiger partial charge in [-0.05, 0) is 18.2 Å². The maximum Gasteiger partial charge on any atom is 0.251 e. The molecule has 2 rings (SSSR count). The molecule has 0 spiro atoms. The van der Waals surface area contributed by atoms with Crippen LogP contribution in [0.2, 0.25) is 0 Å². The van der Waals surface area contributed by atoms with Crippen molar-refractivity contribution in [1.29, 1.82) is 0 Å². The Morgan fingerprint density at radius 3 is 2.71 bits per heavy atom. The lowest BCUT2D eigenvalue weighted by Crippen LogP contribution is -2.43. The van der Waals surface area contributed by atoms with Crippen LogP contribution in [0.4, 0.5) is 0 Å². The molecule has 1 amide bonds. The Bertz CT molecular complexity index is 704. The van der Waals surface area contributed by atoms with Gasteiger partial charge in [0.05, 0.1) is 32.1 Å². The predicted octanol–water partition coefficient (Wildman–Crippen LogP) is 0.0370. The molecule has 2 atom stereocenters. The Labute approximate surface area is 141 Å². The molecule has 1 saturated heterocycles. The van der Waals surface area contributed by atoms with E-state index in [2.05, 4.69) is 5.32 Å². The number of sulfonamides is 1. The number of methoxy groups -OCH3 is 1. The van der Waals surface area contributed by atoms with E-state index < -0.39 is 22.0 Å². The third kappa shape index (κ3) is 4.16. The van der Waals surface area contributed by atoms with Gasteiger partial charge in [-0.15, -0.1) is 0 Å². The van der Waals surface area contributed by atoms with E-state index in [1.54, 1.807) is 0 Å². The number of aromatic hydroxyl groups is 1. The van der Waals surface area contributed by atoms with Gasteiger partial charge < -0.3 is 19.9 Å². The van der Waals surface area contributed by atoms with Gasteiger partial charge in [0.2, 0.25) is 10.0 Å². The van der Waals surface area contributed by atoms with Gasteiger partial charge in [0.1, 0.15) is 0 Å². The van der Waals surface area contributed by atoms with E-state index in [-0.39, 0.29) is 41.9 Å². The Hall–Kier alpha value is -1.84. The number of hydrogen-bond acceptors (Lipinski definition) is 6. The van der Waals surface area contributed by atoms with Crippen LogP contribution in [0.3, 0.4) is 0 Å². The molecule has 1 aliphatic heterocycles. The van der Waals surface area contributed by atoms with Gasteiger partial charge in [-0.1, -0.05) is 0 Å². The van der Waals surface area contributed by atoms with Gasteiger partial charge in [0.15, 0.2) is 11.5 Å². The number of carbonyl (C=O) groups excluding carboxylic acids is 1. The van der Waals surface area contributed by atoms with E-state index in [9.17, 15) is 18.3 Å². The van der Waals surface area contributed by atoms with Crippen LogP contribution >= 0.6 is 0 Å². The normalized spacial score (nSPS) is 21.0. The van der Waals surface area contributed by atoms with Crippen molar-refractivity contribution in [2.75, 3.05) is 40.2 Å². The molecule has 2 N–H and O–H groups in total. The summed E-state index contributed by atoms with van der Waals surface area (Å²) < 4.78 is 35.4. The highest BCUT2D eigenvalue weighted by atomic mass is 32.2. The summed E-state index contributed by atoms with van der Waals surface area (Å²) in [6.07, 6.45) is 0. The van der Waals surface area contributed by atoms with Gasteiger partial charge >= 0.3 is 0 Å². The molecule has 0 aliphatic carbocycles. The van der Waals surface area contributed by atoms with E-state index in [1.165, 1.54) is 39.4 Å².